The number of anilines is 3. The molecule has 2 amide bonds. The minimum Gasteiger partial charge on any atom is -0.395 e. The van der Waals surface area contributed by atoms with E-state index in [1.165, 1.54) is 19.3 Å². The van der Waals surface area contributed by atoms with Crippen molar-refractivity contribution in [2.45, 2.75) is 102 Å². The predicted molar refractivity (Wildman–Crippen MR) is 211 cm³/mol. The second-order valence-electron chi connectivity index (χ2n) is 16.1. The molecular formula is C42H54N8O4. The van der Waals surface area contributed by atoms with Gasteiger partial charge in [0.05, 0.1) is 29.6 Å². The average molecular weight is 735 g/mol. The van der Waals surface area contributed by atoms with Gasteiger partial charge in [0.2, 0.25) is 11.8 Å². The van der Waals surface area contributed by atoms with E-state index < -0.39 is 11.6 Å². The van der Waals surface area contributed by atoms with Gasteiger partial charge in [-0.05, 0) is 108 Å². The van der Waals surface area contributed by atoms with E-state index in [0.717, 1.165) is 70.7 Å². The average Bonchev–Trinajstić information content (AvgIpc) is 3.69. The number of likely N-dealkylation sites (tertiary alicyclic amines) is 2. The van der Waals surface area contributed by atoms with Gasteiger partial charge in [-0.2, -0.15) is 0 Å². The van der Waals surface area contributed by atoms with Crippen LogP contribution in [-0.4, -0.2) is 97.8 Å². The number of imidazole rings is 1. The first-order valence-corrected chi connectivity index (χ1v) is 19.8. The second-order valence-corrected chi connectivity index (χ2v) is 16.1. The molecule has 0 radical (unpaired) electrons. The number of fused-ring (bicyclic) bond motifs is 3. The molecule has 1 spiro atoms. The molecule has 286 valence electrons. The molecule has 3 aliphatic heterocycles. The lowest BCUT2D eigenvalue weighted by Gasteiger charge is -2.48. The number of benzene rings is 2. The second kappa shape index (κ2) is 14.7. The molecule has 2 aromatic carbocycles. The highest BCUT2D eigenvalue weighted by atomic mass is 16.3. The summed E-state index contributed by atoms with van der Waals surface area (Å²) in [6.45, 7) is 11.5. The molecule has 4 aliphatic rings. The number of carbonyl (C=O) groups is 2. The van der Waals surface area contributed by atoms with Crippen LogP contribution in [0.15, 0.2) is 48.8 Å². The van der Waals surface area contributed by atoms with Crippen LogP contribution in [0.25, 0.3) is 22.3 Å². The molecule has 8 rings (SSSR count). The number of hydrogen-bond acceptors (Lipinski definition) is 9. The smallest absolute Gasteiger partial charge is 0.238 e. The summed E-state index contributed by atoms with van der Waals surface area (Å²) in [5.74, 6) is 0.895. The summed E-state index contributed by atoms with van der Waals surface area (Å²) in [4.78, 5) is 43.8. The molecular weight excluding hydrogens is 681 g/mol. The van der Waals surface area contributed by atoms with Crippen LogP contribution in [0.5, 0.6) is 0 Å². The van der Waals surface area contributed by atoms with Crippen molar-refractivity contribution in [1.29, 1.82) is 0 Å². The lowest BCUT2D eigenvalue weighted by molar-refractivity contribution is -0.134. The maximum atomic E-state index is 14.8. The third-order valence-electron chi connectivity index (χ3n) is 12.5. The Balaban J connectivity index is 1.17. The van der Waals surface area contributed by atoms with Crippen molar-refractivity contribution < 1.29 is 19.8 Å². The van der Waals surface area contributed by atoms with Gasteiger partial charge in [0.25, 0.3) is 0 Å². The first-order chi connectivity index (χ1) is 26.1. The monoisotopic (exact) mass is 734 g/mol. The third kappa shape index (κ3) is 6.46. The van der Waals surface area contributed by atoms with Crippen LogP contribution in [-0.2, 0) is 15.0 Å². The van der Waals surface area contributed by atoms with Crippen molar-refractivity contribution in [2.24, 2.45) is 0 Å². The van der Waals surface area contributed by atoms with Crippen LogP contribution >= 0.6 is 0 Å². The molecule has 4 aromatic rings. The topological polar surface area (TPSA) is 139 Å². The Morgan fingerprint density at radius 1 is 1.00 bits per heavy atom. The molecule has 1 aliphatic carbocycles. The van der Waals surface area contributed by atoms with E-state index >= 15 is 0 Å². The standard InChI is InChI=1S/C42H54N8O4/c1-26(2)49-25-44-36-24-35(46-39(38(36)49)45-30-10-8-27(3)33(21-30)40(53)43-14-19-51)29-9-11-34-37(20-29)50(32-22-31(23-32)48-15-6-5-7-16-48)41(54)42(34)12-17-47(18-13-42)28(4)52/h8-11,20-21,24-26,31-32,40,43,51,53H,5-7,12-19,22-23H2,1-4H3,(H,45,46)/t31-,32+,40?. The third-order valence-corrected chi connectivity index (χ3v) is 12.5. The van der Waals surface area contributed by atoms with Gasteiger partial charge in [-0.1, -0.05) is 24.6 Å². The number of aryl methyl sites for hydroxylation is 1. The fourth-order valence-electron chi connectivity index (χ4n) is 9.30. The lowest BCUT2D eigenvalue weighted by Crippen LogP contribution is -2.58. The largest absolute Gasteiger partial charge is 0.395 e. The van der Waals surface area contributed by atoms with E-state index in [9.17, 15) is 19.8 Å². The highest BCUT2D eigenvalue weighted by Gasteiger charge is 2.55. The summed E-state index contributed by atoms with van der Waals surface area (Å²) >= 11 is 0. The van der Waals surface area contributed by atoms with Crippen molar-refractivity contribution >= 4 is 40.0 Å². The van der Waals surface area contributed by atoms with Gasteiger partial charge in [0.1, 0.15) is 11.7 Å². The molecule has 2 aromatic heterocycles. The Morgan fingerprint density at radius 3 is 2.46 bits per heavy atom. The SMILES string of the molecule is CC(=O)N1CCC2(CC1)C(=O)N([C@H]1C[C@@H](N3CCCCC3)C1)c1cc(-c3cc4ncn(C(C)C)c4c(Nc4ccc(C)c(C(O)NCCO)c4)n3)ccc12. The van der Waals surface area contributed by atoms with Crippen LogP contribution in [0.1, 0.15) is 94.7 Å². The van der Waals surface area contributed by atoms with Crippen molar-refractivity contribution in [3.8, 4) is 11.3 Å². The molecule has 3 fully saturated rings. The van der Waals surface area contributed by atoms with Gasteiger partial charge in [-0.15, -0.1) is 0 Å². The Bertz CT molecular complexity index is 2040. The van der Waals surface area contributed by atoms with E-state index in [-0.39, 0.29) is 37.0 Å². The van der Waals surface area contributed by atoms with Gasteiger partial charge in [-0.25, -0.2) is 9.97 Å². The first kappa shape index (κ1) is 36.6. The van der Waals surface area contributed by atoms with E-state index in [0.29, 0.717) is 43.4 Å². The van der Waals surface area contributed by atoms with Crippen LogP contribution in [0, 0.1) is 6.92 Å². The lowest BCUT2D eigenvalue weighted by atomic mass is 9.73. The van der Waals surface area contributed by atoms with Crippen molar-refractivity contribution in [1.82, 2.24) is 29.7 Å². The Hall–Kier alpha value is -4.36. The summed E-state index contributed by atoms with van der Waals surface area (Å²) in [7, 11) is 0. The summed E-state index contributed by atoms with van der Waals surface area (Å²) < 4.78 is 2.11. The van der Waals surface area contributed by atoms with Crippen molar-refractivity contribution in [3.05, 3.63) is 65.5 Å². The van der Waals surface area contributed by atoms with Gasteiger partial charge in [-0.3, -0.25) is 14.9 Å². The molecule has 1 saturated carbocycles. The molecule has 2 saturated heterocycles. The molecule has 1 unspecified atom stereocenters. The normalized spacial score (nSPS) is 21.9. The number of nitrogens with one attached hydrogen (secondary N) is 2. The summed E-state index contributed by atoms with van der Waals surface area (Å²) in [6, 6.07) is 15.1. The van der Waals surface area contributed by atoms with E-state index in [2.05, 4.69) is 57.0 Å². The fourth-order valence-corrected chi connectivity index (χ4v) is 9.30. The minimum absolute atomic E-state index is 0.0632. The number of piperidine rings is 2. The molecule has 4 N–H and O–H groups in total. The highest BCUT2D eigenvalue weighted by molar-refractivity contribution is 6.09. The van der Waals surface area contributed by atoms with Crippen LogP contribution < -0.4 is 15.5 Å². The highest BCUT2D eigenvalue weighted by Crippen LogP contribution is 2.52. The molecule has 1 atom stereocenters. The maximum Gasteiger partial charge on any atom is 0.238 e. The zero-order valence-corrected chi connectivity index (χ0v) is 32.0. The summed E-state index contributed by atoms with van der Waals surface area (Å²) in [5, 5.41) is 26.6. The Labute approximate surface area is 317 Å². The number of nitrogens with zero attached hydrogens (tertiary/aromatic N) is 6. The van der Waals surface area contributed by atoms with Crippen LogP contribution in [0.3, 0.4) is 0 Å². The molecule has 5 heterocycles. The molecule has 54 heavy (non-hydrogen) atoms. The van der Waals surface area contributed by atoms with Gasteiger partial charge >= 0.3 is 0 Å². The Kier molecular flexibility index (Phi) is 9.97. The Morgan fingerprint density at radius 2 is 1.76 bits per heavy atom. The zero-order valence-electron chi connectivity index (χ0n) is 32.0. The number of rotatable bonds is 10. The quantitative estimate of drug-likeness (QED) is 0.155. The summed E-state index contributed by atoms with van der Waals surface area (Å²) in [5.41, 5.74) is 7.16. The number of aromatic nitrogens is 3. The maximum absolute atomic E-state index is 14.8. The number of hydrogen-bond donors (Lipinski definition) is 4. The van der Waals surface area contributed by atoms with Gasteiger partial charge in [0.15, 0.2) is 5.82 Å². The number of carbonyl (C=O) groups excluding carboxylic acids is 2. The fraction of sp³-hybridized carbons (Fsp3) is 0.524. The van der Waals surface area contributed by atoms with Crippen molar-refractivity contribution in [3.63, 3.8) is 0 Å². The number of aliphatic hydroxyl groups is 2. The van der Waals surface area contributed by atoms with E-state index in [1.54, 1.807) is 6.92 Å². The van der Waals surface area contributed by atoms with Crippen LogP contribution in [0.2, 0.25) is 0 Å². The molecule has 0 bridgehead atoms. The molecule has 12 heteroatoms. The first-order valence-electron chi connectivity index (χ1n) is 19.8. The number of amides is 2. The van der Waals surface area contributed by atoms with Gasteiger partial charge < -0.3 is 34.8 Å². The zero-order chi connectivity index (χ0) is 37.7. The number of aliphatic hydroxyl groups excluding tert-OH is 2. The minimum atomic E-state index is -0.930. The predicted octanol–water partition coefficient (Wildman–Crippen LogP) is 5.55. The molecule has 12 nitrogen and oxygen atoms in total. The number of pyridine rings is 1. The van der Waals surface area contributed by atoms with Crippen molar-refractivity contribution in [2.75, 3.05) is 49.5 Å². The van der Waals surface area contributed by atoms with Crippen LogP contribution in [0.4, 0.5) is 17.2 Å². The van der Waals surface area contributed by atoms with E-state index in [1.807, 2.05) is 42.4 Å². The van der Waals surface area contributed by atoms with Gasteiger partial charge in [0, 0.05) is 67.2 Å². The summed E-state index contributed by atoms with van der Waals surface area (Å²) in [6.07, 6.45) is 7.96. The van der Waals surface area contributed by atoms with E-state index in [4.69, 9.17) is 9.97 Å².